The van der Waals surface area contributed by atoms with Gasteiger partial charge in [-0.3, -0.25) is 4.79 Å². The van der Waals surface area contributed by atoms with Crippen molar-refractivity contribution in [1.29, 1.82) is 0 Å². The third-order valence-electron chi connectivity index (χ3n) is 4.28. The van der Waals surface area contributed by atoms with Crippen LogP contribution >= 0.6 is 0 Å². The van der Waals surface area contributed by atoms with Crippen molar-refractivity contribution in [1.82, 2.24) is 10.2 Å². The van der Waals surface area contributed by atoms with Gasteiger partial charge in [0.2, 0.25) is 5.91 Å². The lowest BCUT2D eigenvalue weighted by Crippen LogP contribution is -2.53. The van der Waals surface area contributed by atoms with Gasteiger partial charge in [0.1, 0.15) is 0 Å². The Balaban J connectivity index is 1.66. The molecule has 1 N–H and O–H groups in total. The first kappa shape index (κ1) is 10.3. The average Bonchev–Trinajstić information content (AvgIpc) is 2.89. The molecule has 3 unspecified atom stereocenters. The molecule has 2 bridgehead atoms. The zero-order valence-electron chi connectivity index (χ0n) is 9.86. The van der Waals surface area contributed by atoms with E-state index < -0.39 is 0 Å². The fraction of sp³-hybridized carbons (Fsp3) is 0.769. The predicted molar refractivity (Wildman–Crippen MR) is 62.9 cm³/mol. The molecule has 3 nitrogen and oxygen atoms in total. The van der Waals surface area contributed by atoms with E-state index in [0.717, 1.165) is 26.1 Å². The van der Waals surface area contributed by atoms with Gasteiger partial charge in [0.25, 0.3) is 0 Å². The number of fused-ring (bicyclic) bond motifs is 2. The summed E-state index contributed by atoms with van der Waals surface area (Å²) in [5, 5.41) is 3.38. The molecule has 3 aliphatic rings. The second kappa shape index (κ2) is 3.88. The second-order valence-corrected chi connectivity index (χ2v) is 5.53. The van der Waals surface area contributed by atoms with E-state index in [4.69, 9.17) is 0 Å². The Morgan fingerprint density at radius 3 is 2.88 bits per heavy atom. The van der Waals surface area contributed by atoms with Crippen LogP contribution < -0.4 is 5.32 Å². The quantitative estimate of drug-likeness (QED) is 0.669. The second-order valence-electron chi connectivity index (χ2n) is 5.53. The Hall–Kier alpha value is -0.830. The number of allylic oxidation sites excluding steroid dienone is 2. The molecular formula is C13H20N2O. The zero-order valence-corrected chi connectivity index (χ0v) is 9.86. The molecule has 0 aromatic heterocycles. The number of carbonyl (C=O) groups excluding carboxylic acids is 1. The van der Waals surface area contributed by atoms with Crippen molar-refractivity contribution in [2.45, 2.75) is 25.8 Å². The van der Waals surface area contributed by atoms with Crippen LogP contribution in [0.25, 0.3) is 0 Å². The highest BCUT2D eigenvalue weighted by Crippen LogP contribution is 2.44. The van der Waals surface area contributed by atoms with Crippen LogP contribution in [-0.4, -0.2) is 36.5 Å². The molecular weight excluding hydrogens is 200 g/mol. The number of carbonyl (C=O) groups is 1. The minimum Gasteiger partial charge on any atom is -0.340 e. The van der Waals surface area contributed by atoms with E-state index in [2.05, 4.69) is 29.3 Å². The van der Waals surface area contributed by atoms with Crippen molar-refractivity contribution >= 4 is 5.91 Å². The molecule has 1 saturated heterocycles. The average molecular weight is 220 g/mol. The summed E-state index contributed by atoms with van der Waals surface area (Å²) in [6, 6.07) is 0.451. The lowest BCUT2D eigenvalue weighted by molar-refractivity contribution is -0.137. The zero-order chi connectivity index (χ0) is 11.1. The molecule has 2 aliphatic carbocycles. The topological polar surface area (TPSA) is 32.3 Å². The van der Waals surface area contributed by atoms with E-state index >= 15 is 0 Å². The Morgan fingerprint density at radius 2 is 2.25 bits per heavy atom. The van der Waals surface area contributed by atoms with Crippen molar-refractivity contribution in [3.05, 3.63) is 12.2 Å². The van der Waals surface area contributed by atoms with Crippen LogP contribution in [0.3, 0.4) is 0 Å². The van der Waals surface area contributed by atoms with Crippen LogP contribution in [0.4, 0.5) is 0 Å². The predicted octanol–water partition coefficient (Wildman–Crippen LogP) is 1.02. The summed E-state index contributed by atoms with van der Waals surface area (Å²) >= 11 is 0. The van der Waals surface area contributed by atoms with Crippen molar-refractivity contribution in [3.8, 4) is 0 Å². The Labute approximate surface area is 96.9 Å². The molecule has 3 rings (SSSR count). The number of hydrogen-bond acceptors (Lipinski definition) is 2. The van der Waals surface area contributed by atoms with Gasteiger partial charge in [-0.25, -0.2) is 0 Å². The Morgan fingerprint density at radius 1 is 1.38 bits per heavy atom. The Bertz CT molecular complexity index is 326. The van der Waals surface area contributed by atoms with Crippen LogP contribution in [0.2, 0.25) is 0 Å². The summed E-state index contributed by atoms with van der Waals surface area (Å²) in [6.45, 7) is 4.88. The van der Waals surface area contributed by atoms with E-state index in [0.29, 0.717) is 29.7 Å². The van der Waals surface area contributed by atoms with Gasteiger partial charge in [-0.05, 0) is 31.6 Å². The molecule has 1 aliphatic heterocycles. The van der Waals surface area contributed by atoms with E-state index in [9.17, 15) is 4.79 Å². The maximum atomic E-state index is 12.4. The molecule has 88 valence electrons. The van der Waals surface area contributed by atoms with Crippen LogP contribution in [0.5, 0.6) is 0 Å². The van der Waals surface area contributed by atoms with Gasteiger partial charge in [0, 0.05) is 31.6 Å². The van der Waals surface area contributed by atoms with Crippen LogP contribution in [-0.2, 0) is 4.79 Å². The minimum atomic E-state index is 0.292. The van der Waals surface area contributed by atoms with Gasteiger partial charge in [-0.1, -0.05) is 12.2 Å². The van der Waals surface area contributed by atoms with Gasteiger partial charge in [0.05, 0.1) is 0 Å². The third kappa shape index (κ3) is 1.67. The highest BCUT2D eigenvalue weighted by molar-refractivity contribution is 5.80. The highest BCUT2D eigenvalue weighted by Gasteiger charge is 2.41. The van der Waals surface area contributed by atoms with Crippen LogP contribution in [0, 0.1) is 17.8 Å². The molecule has 0 aromatic carbocycles. The molecule has 1 saturated carbocycles. The SMILES string of the molecule is C[C@@H]1CN(C(=O)C2CC3C=CC2C3)CCN1. The molecule has 4 atom stereocenters. The summed E-state index contributed by atoms with van der Waals surface area (Å²) in [7, 11) is 0. The minimum absolute atomic E-state index is 0.292. The van der Waals surface area contributed by atoms with E-state index in [1.165, 1.54) is 6.42 Å². The fourth-order valence-corrected chi connectivity index (χ4v) is 3.43. The van der Waals surface area contributed by atoms with E-state index in [1.807, 2.05) is 0 Å². The largest absolute Gasteiger partial charge is 0.340 e. The summed E-state index contributed by atoms with van der Waals surface area (Å²) < 4.78 is 0. The van der Waals surface area contributed by atoms with Crippen molar-refractivity contribution in [2.75, 3.05) is 19.6 Å². The van der Waals surface area contributed by atoms with Crippen LogP contribution in [0.1, 0.15) is 19.8 Å². The number of rotatable bonds is 1. The maximum Gasteiger partial charge on any atom is 0.226 e. The van der Waals surface area contributed by atoms with E-state index in [-0.39, 0.29) is 0 Å². The van der Waals surface area contributed by atoms with Gasteiger partial charge in [0.15, 0.2) is 0 Å². The molecule has 1 amide bonds. The lowest BCUT2D eigenvalue weighted by atomic mass is 9.92. The lowest BCUT2D eigenvalue weighted by Gasteiger charge is -2.34. The summed E-state index contributed by atoms with van der Waals surface area (Å²) in [5.41, 5.74) is 0. The summed E-state index contributed by atoms with van der Waals surface area (Å²) in [5.74, 6) is 1.94. The summed E-state index contributed by atoms with van der Waals surface area (Å²) in [4.78, 5) is 14.5. The van der Waals surface area contributed by atoms with Gasteiger partial charge in [-0.15, -0.1) is 0 Å². The van der Waals surface area contributed by atoms with Gasteiger partial charge < -0.3 is 10.2 Å². The molecule has 0 radical (unpaired) electrons. The highest BCUT2D eigenvalue weighted by atomic mass is 16.2. The number of nitrogens with one attached hydrogen (secondary N) is 1. The van der Waals surface area contributed by atoms with Crippen molar-refractivity contribution in [2.24, 2.45) is 17.8 Å². The van der Waals surface area contributed by atoms with E-state index in [1.54, 1.807) is 0 Å². The number of piperazine rings is 1. The maximum absolute atomic E-state index is 12.4. The first-order valence-corrected chi connectivity index (χ1v) is 6.44. The monoisotopic (exact) mass is 220 g/mol. The molecule has 3 heteroatoms. The van der Waals surface area contributed by atoms with Crippen molar-refractivity contribution in [3.63, 3.8) is 0 Å². The number of hydrogen-bond donors (Lipinski definition) is 1. The molecule has 16 heavy (non-hydrogen) atoms. The number of nitrogens with zero attached hydrogens (tertiary/aromatic N) is 1. The van der Waals surface area contributed by atoms with Gasteiger partial charge in [-0.2, -0.15) is 0 Å². The smallest absolute Gasteiger partial charge is 0.226 e. The summed E-state index contributed by atoms with van der Waals surface area (Å²) in [6.07, 6.45) is 6.88. The fourth-order valence-electron chi connectivity index (χ4n) is 3.43. The molecule has 1 heterocycles. The van der Waals surface area contributed by atoms with Crippen molar-refractivity contribution < 1.29 is 4.79 Å². The Kier molecular flexibility index (Phi) is 2.51. The standard InChI is InChI=1S/C13H20N2O/c1-9-8-15(5-4-14-9)13(16)12-7-10-2-3-11(12)6-10/h2-3,9-12,14H,4-8H2,1H3/t9-,10?,11?,12?/m1/s1. The van der Waals surface area contributed by atoms with Gasteiger partial charge >= 0.3 is 0 Å². The normalized spacial score (nSPS) is 41.7. The molecule has 0 aromatic rings. The third-order valence-corrected chi connectivity index (χ3v) is 4.28. The molecule has 0 spiro atoms. The van der Waals surface area contributed by atoms with Crippen LogP contribution in [0.15, 0.2) is 12.2 Å². The molecule has 2 fully saturated rings. The number of amides is 1. The first-order valence-electron chi connectivity index (χ1n) is 6.44. The first-order chi connectivity index (χ1) is 7.74.